The van der Waals surface area contributed by atoms with E-state index >= 15 is 0 Å². The van der Waals surface area contributed by atoms with Gasteiger partial charge in [0, 0.05) is 49.9 Å². The van der Waals surface area contributed by atoms with Crippen molar-refractivity contribution in [3.05, 3.63) is 53.1 Å². The monoisotopic (exact) mass is 399 g/mol. The molecule has 1 fully saturated rings. The van der Waals surface area contributed by atoms with Crippen LogP contribution < -0.4 is 5.32 Å². The molecule has 1 aliphatic rings. The summed E-state index contributed by atoms with van der Waals surface area (Å²) >= 11 is 6.03. The third-order valence-corrected chi connectivity index (χ3v) is 5.08. The van der Waals surface area contributed by atoms with Crippen molar-refractivity contribution < 1.29 is 4.52 Å². The molecule has 9 heteroatoms. The van der Waals surface area contributed by atoms with E-state index in [9.17, 15) is 0 Å². The van der Waals surface area contributed by atoms with Crippen LogP contribution in [0.2, 0.25) is 5.02 Å². The molecule has 1 atom stereocenters. The molecule has 8 nitrogen and oxygen atoms in total. The second-order valence-corrected chi connectivity index (χ2v) is 7.24. The molecule has 0 aliphatic carbocycles. The number of nitrogens with one attached hydrogen (secondary N) is 1. The molecule has 3 aromatic rings. The molecule has 1 aliphatic heterocycles. The Bertz CT molecular complexity index is 980. The fraction of sp³-hybridized carbons (Fsp3) is 0.368. The number of aromatic nitrogens is 4. The van der Waals surface area contributed by atoms with Gasteiger partial charge in [-0.2, -0.15) is 10.1 Å². The van der Waals surface area contributed by atoms with E-state index in [1.54, 1.807) is 7.05 Å². The van der Waals surface area contributed by atoms with Gasteiger partial charge in [-0.3, -0.25) is 9.67 Å². The minimum Gasteiger partial charge on any atom is -0.347 e. The minimum atomic E-state index is 0.411. The predicted molar refractivity (Wildman–Crippen MR) is 107 cm³/mol. The second-order valence-electron chi connectivity index (χ2n) is 6.80. The van der Waals surface area contributed by atoms with E-state index in [0.717, 1.165) is 31.0 Å². The molecular weight excluding hydrogens is 378 g/mol. The number of nitrogens with zero attached hydrogens (tertiary/aromatic N) is 6. The van der Waals surface area contributed by atoms with Gasteiger partial charge in [-0.25, -0.2) is 0 Å². The molecule has 0 saturated carbocycles. The van der Waals surface area contributed by atoms with E-state index in [1.165, 1.54) is 5.56 Å². The Morgan fingerprint density at radius 1 is 1.43 bits per heavy atom. The molecule has 1 saturated heterocycles. The van der Waals surface area contributed by atoms with Crippen LogP contribution in [0.25, 0.3) is 11.4 Å². The third-order valence-electron chi connectivity index (χ3n) is 4.84. The maximum atomic E-state index is 6.03. The lowest BCUT2D eigenvalue weighted by Crippen LogP contribution is -2.39. The lowest BCUT2D eigenvalue weighted by molar-refractivity contribution is 0.372. The van der Waals surface area contributed by atoms with Crippen LogP contribution in [0, 0.1) is 0 Å². The highest BCUT2D eigenvalue weighted by Crippen LogP contribution is 2.26. The average molecular weight is 400 g/mol. The number of halogens is 1. The van der Waals surface area contributed by atoms with Crippen LogP contribution >= 0.6 is 11.6 Å². The molecule has 0 amide bonds. The smallest absolute Gasteiger partial charge is 0.246 e. The molecule has 0 spiro atoms. The first-order valence-corrected chi connectivity index (χ1v) is 9.53. The topological polar surface area (TPSA) is 84.4 Å². The molecule has 0 radical (unpaired) electrons. The third kappa shape index (κ3) is 4.01. The van der Waals surface area contributed by atoms with Crippen molar-refractivity contribution in [1.29, 1.82) is 0 Å². The highest BCUT2D eigenvalue weighted by Gasteiger charge is 2.27. The van der Waals surface area contributed by atoms with E-state index in [0.29, 0.717) is 29.2 Å². The predicted octanol–water partition coefficient (Wildman–Crippen LogP) is 2.69. The quantitative estimate of drug-likeness (QED) is 0.536. The fourth-order valence-corrected chi connectivity index (χ4v) is 3.62. The number of benzene rings is 1. The van der Waals surface area contributed by atoms with Crippen LogP contribution in [0.5, 0.6) is 0 Å². The van der Waals surface area contributed by atoms with Crippen molar-refractivity contribution in [3.8, 4) is 11.4 Å². The summed E-state index contributed by atoms with van der Waals surface area (Å²) in [5.74, 6) is 2.31. The van der Waals surface area contributed by atoms with Crippen LogP contribution in [0.15, 0.2) is 46.2 Å². The van der Waals surface area contributed by atoms with Gasteiger partial charge < -0.3 is 14.7 Å². The first kappa shape index (κ1) is 18.5. The van der Waals surface area contributed by atoms with Crippen LogP contribution in [-0.2, 0) is 13.6 Å². The van der Waals surface area contributed by atoms with Gasteiger partial charge in [0.25, 0.3) is 0 Å². The Labute approximate surface area is 168 Å². The second kappa shape index (κ2) is 8.02. The molecule has 146 valence electrons. The first-order valence-electron chi connectivity index (χ1n) is 9.15. The van der Waals surface area contributed by atoms with Crippen LogP contribution in [0.3, 0.4) is 0 Å². The maximum Gasteiger partial charge on any atom is 0.246 e. The first-order chi connectivity index (χ1) is 13.6. The number of hydrogen-bond donors (Lipinski definition) is 1. The van der Waals surface area contributed by atoms with Gasteiger partial charge in [0.1, 0.15) is 0 Å². The summed E-state index contributed by atoms with van der Waals surface area (Å²) < 4.78 is 7.20. The summed E-state index contributed by atoms with van der Waals surface area (Å²) in [6, 6.07) is 7.38. The normalized spacial score (nSPS) is 17.3. The van der Waals surface area contributed by atoms with Gasteiger partial charge in [0.2, 0.25) is 11.7 Å². The van der Waals surface area contributed by atoms with Gasteiger partial charge in [0.15, 0.2) is 5.96 Å². The standard InChI is InChI=1S/C19H22ClN7O/c1-21-19(27-7-6-14(12-27)15-9-23-26(2)11-15)22-10-17-24-18(25-28-17)13-4-3-5-16(20)8-13/h3-5,8-9,11,14H,6-7,10,12H2,1-2H3,(H,21,22). The van der Waals surface area contributed by atoms with E-state index in [2.05, 4.69) is 36.6 Å². The largest absolute Gasteiger partial charge is 0.347 e. The van der Waals surface area contributed by atoms with E-state index in [1.807, 2.05) is 42.2 Å². The summed E-state index contributed by atoms with van der Waals surface area (Å²) in [5.41, 5.74) is 2.09. The molecule has 1 unspecified atom stereocenters. The number of guanidine groups is 1. The Kier molecular flexibility index (Phi) is 5.29. The Balaban J connectivity index is 1.36. The molecule has 1 N–H and O–H groups in total. The lowest BCUT2D eigenvalue weighted by atomic mass is 10.0. The molecular formula is C19H22ClN7O. The molecule has 28 heavy (non-hydrogen) atoms. The number of aliphatic imine (C=N–C) groups is 1. The number of hydrogen-bond acceptors (Lipinski definition) is 5. The highest BCUT2D eigenvalue weighted by atomic mass is 35.5. The van der Waals surface area contributed by atoms with Gasteiger partial charge in [-0.05, 0) is 24.1 Å². The van der Waals surface area contributed by atoms with Gasteiger partial charge in [-0.1, -0.05) is 28.9 Å². The zero-order chi connectivity index (χ0) is 19.5. The van der Waals surface area contributed by atoms with Gasteiger partial charge in [-0.15, -0.1) is 0 Å². The number of aryl methyl sites for hydroxylation is 1. The van der Waals surface area contributed by atoms with Crippen molar-refractivity contribution in [2.24, 2.45) is 12.0 Å². The summed E-state index contributed by atoms with van der Waals surface area (Å²) in [5, 5.41) is 12.3. The van der Waals surface area contributed by atoms with Crippen molar-refractivity contribution in [2.45, 2.75) is 18.9 Å². The van der Waals surface area contributed by atoms with Crippen LogP contribution in [0.1, 0.15) is 23.8 Å². The lowest BCUT2D eigenvalue weighted by Gasteiger charge is -2.20. The van der Waals surface area contributed by atoms with E-state index in [-0.39, 0.29) is 0 Å². The molecule has 2 aromatic heterocycles. The van der Waals surface area contributed by atoms with Crippen molar-refractivity contribution in [3.63, 3.8) is 0 Å². The number of rotatable bonds is 4. The van der Waals surface area contributed by atoms with Gasteiger partial charge >= 0.3 is 0 Å². The Hall–Kier alpha value is -2.87. The fourth-order valence-electron chi connectivity index (χ4n) is 3.43. The minimum absolute atomic E-state index is 0.411. The summed E-state index contributed by atoms with van der Waals surface area (Å²) in [7, 11) is 3.73. The van der Waals surface area contributed by atoms with E-state index < -0.39 is 0 Å². The van der Waals surface area contributed by atoms with Crippen LogP contribution in [-0.4, -0.2) is 50.9 Å². The summed E-state index contributed by atoms with van der Waals surface area (Å²) in [4.78, 5) is 11.1. The van der Waals surface area contributed by atoms with Crippen molar-refractivity contribution >= 4 is 17.6 Å². The molecule has 4 rings (SSSR count). The Morgan fingerprint density at radius 3 is 3.07 bits per heavy atom. The SMILES string of the molecule is CN=C(NCc1nc(-c2cccc(Cl)c2)no1)N1CCC(c2cnn(C)c2)C1. The number of likely N-dealkylation sites (tertiary alicyclic amines) is 1. The molecule has 1 aromatic carbocycles. The zero-order valence-electron chi connectivity index (χ0n) is 15.8. The van der Waals surface area contributed by atoms with Crippen molar-refractivity contribution in [2.75, 3.05) is 20.1 Å². The highest BCUT2D eigenvalue weighted by molar-refractivity contribution is 6.30. The van der Waals surface area contributed by atoms with Gasteiger partial charge in [0.05, 0.1) is 12.7 Å². The van der Waals surface area contributed by atoms with E-state index in [4.69, 9.17) is 16.1 Å². The van der Waals surface area contributed by atoms with Crippen molar-refractivity contribution in [1.82, 2.24) is 30.1 Å². The zero-order valence-corrected chi connectivity index (χ0v) is 16.6. The Morgan fingerprint density at radius 2 is 2.32 bits per heavy atom. The molecule has 0 bridgehead atoms. The molecule has 3 heterocycles. The average Bonchev–Trinajstić information content (AvgIpc) is 3.43. The summed E-state index contributed by atoms with van der Waals surface area (Å²) in [6.45, 7) is 2.26. The summed E-state index contributed by atoms with van der Waals surface area (Å²) in [6.07, 6.45) is 5.10. The maximum absolute atomic E-state index is 6.03. The van der Waals surface area contributed by atoms with Crippen LogP contribution in [0.4, 0.5) is 0 Å².